The van der Waals surface area contributed by atoms with Crippen molar-refractivity contribution < 1.29 is 19.1 Å². The van der Waals surface area contributed by atoms with Crippen molar-refractivity contribution in [3.8, 4) is 0 Å². The molecule has 18 heavy (non-hydrogen) atoms. The quantitative estimate of drug-likeness (QED) is 0.560. The monoisotopic (exact) mass is 255 g/mol. The van der Waals surface area contributed by atoms with Crippen LogP contribution in [0.4, 0.5) is 4.79 Å². The summed E-state index contributed by atoms with van der Waals surface area (Å²) < 4.78 is 9.99. The molecule has 0 aromatic rings. The van der Waals surface area contributed by atoms with Gasteiger partial charge in [0, 0.05) is 6.54 Å². The molecule has 1 rings (SSSR count). The van der Waals surface area contributed by atoms with Gasteiger partial charge in [0.1, 0.15) is 5.60 Å². The summed E-state index contributed by atoms with van der Waals surface area (Å²) in [6, 6.07) is -0.667. The minimum atomic E-state index is -0.667. The van der Waals surface area contributed by atoms with Crippen molar-refractivity contribution in [2.75, 3.05) is 13.7 Å². The van der Waals surface area contributed by atoms with Crippen LogP contribution in [0, 0.1) is 0 Å². The maximum Gasteiger partial charge on any atom is 0.411 e. The molecule has 5 nitrogen and oxygen atoms in total. The molecule has 0 spiro atoms. The van der Waals surface area contributed by atoms with Gasteiger partial charge in [-0.15, -0.1) is 0 Å². The van der Waals surface area contributed by atoms with Crippen molar-refractivity contribution in [3.05, 3.63) is 11.6 Å². The Hall–Kier alpha value is -1.52. The van der Waals surface area contributed by atoms with Gasteiger partial charge in [-0.2, -0.15) is 0 Å². The first-order valence-corrected chi connectivity index (χ1v) is 6.05. The first-order chi connectivity index (χ1) is 8.28. The number of rotatable bonds is 2. The second-order valence-corrected chi connectivity index (χ2v) is 5.25. The molecule has 1 heterocycles. The fourth-order valence-corrected chi connectivity index (χ4v) is 1.73. The normalized spacial score (nSPS) is 19.5. The highest BCUT2D eigenvalue weighted by atomic mass is 16.6. The van der Waals surface area contributed by atoms with Gasteiger partial charge in [0.05, 0.1) is 7.11 Å². The summed E-state index contributed by atoms with van der Waals surface area (Å²) in [5, 5.41) is 0. The molecule has 1 amide bonds. The molecule has 1 aliphatic heterocycles. The summed E-state index contributed by atoms with van der Waals surface area (Å²) in [5.41, 5.74) is 0.462. The SMILES string of the molecule is CCC1=C[C@@H](C(=O)OC)N(C(=O)OC(C)(C)C)C1. The highest BCUT2D eigenvalue weighted by Crippen LogP contribution is 2.22. The van der Waals surface area contributed by atoms with Gasteiger partial charge in [0.2, 0.25) is 0 Å². The van der Waals surface area contributed by atoms with Crippen LogP contribution >= 0.6 is 0 Å². The predicted octanol–water partition coefficient (Wildman–Crippen LogP) is 2.12. The zero-order valence-corrected chi connectivity index (χ0v) is 11.6. The Balaban J connectivity index is 2.82. The zero-order chi connectivity index (χ0) is 13.9. The van der Waals surface area contributed by atoms with Crippen LogP contribution < -0.4 is 0 Å². The fraction of sp³-hybridized carbons (Fsp3) is 0.692. The number of carbonyl (C=O) groups excluding carboxylic acids is 2. The Bertz CT molecular complexity index is 368. The fourth-order valence-electron chi connectivity index (χ4n) is 1.73. The second kappa shape index (κ2) is 5.42. The molecule has 0 N–H and O–H groups in total. The predicted molar refractivity (Wildman–Crippen MR) is 67.1 cm³/mol. The Kier molecular flexibility index (Phi) is 4.38. The van der Waals surface area contributed by atoms with E-state index in [-0.39, 0.29) is 0 Å². The second-order valence-electron chi connectivity index (χ2n) is 5.25. The largest absolute Gasteiger partial charge is 0.467 e. The van der Waals surface area contributed by atoms with E-state index in [1.807, 2.05) is 6.92 Å². The lowest BCUT2D eigenvalue weighted by Gasteiger charge is -2.27. The summed E-state index contributed by atoms with van der Waals surface area (Å²) in [4.78, 5) is 25.1. The number of hydrogen-bond donors (Lipinski definition) is 0. The molecule has 0 saturated carbocycles. The summed E-state index contributed by atoms with van der Waals surface area (Å²) in [7, 11) is 1.31. The van der Waals surface area contributed by atoms with Crippen LogP contribution in [0.15, 0.2) is 11.6 Å². The molecule has 1 atom stereocenters. The number of hydrogen-bond acceptors (Lipinski definition) is 4. The zero-order valence-electron chi connectivity index (χ0n) is 11.6. The van der Waals surface area contributed by atoms with Crippen LogP contribution in [-0.2, 0) is 14.3 Å². The van der Waals surface area contributed by atoms with Crippen molar-refractivity contribution in [3.63, 3.8) is 0 Å². The van der Waals surface area contributed by atoms with E-state index in [0.29, 0.717) is 6.54 Å². The summed E-state index contributed by atoms with van der Waals surface area (Å²) in [5.74, 6) is -0.440. The van der Waals surface area contributed by atoms with Crippen molar-refractivity contribution in [2.24, 2.45) is 0 Å². The van der Waals surface area contributed by atoms with Gasteiger partial charge in [-0.1, -0.05) is 12.5 Å². The van der Waals surface area contributed by atoms with E-state index in [1.165, 1.54) is 12.0 Å². The van der Waals surface area contributed by atoms with Gasteiger partial charge in [-0.05, 0) is 33.3 Å². The Labute approximate surface area is 108 Å². The standard InChI is InChI=1S/C13H21NO4/c1-6-9-7-10(11(15)17-5)14(8-9)12(16)18-13(2,3)4/h7,10H,6,8H2,1-5H3/t10-/m0/s1. The van der Waals surface area contributed by atoms with Gasteiger partial charge >= 0.3 is 12.1 Å². The molecule has 0 aromatic carbocycles. The molecule has 0 unspecified atom stereocenters. The molecular formula is C13H21NO4. The number of methoxy groups -OCH3 is 1. The molecule has 0 aliphatic carbocycles. The average Bonchev–Trinajstić information content (AvgIpc) is 2.69. The highest BCUT2D eigenvalue weighted by molar-refractivity contribution is 5.84. The van der Waals surface area contributed by atoms with Crippen molar-refractivity contribution in [1.29, 1.82) is 0 Å². The molecule has 5 heteroatoms. The van der Waals surface area contributed by atoms with Gasteiger partial charge in [0.15, 0.2) is 6.04 Å². The average molecular weight is 255 g/mol. The number of carbonyl (C=O) groups is 2. The molecule has 0 aromatic heterocycles. The summed E-state index contributed by atoms with van der Waals surface area (Å²) >= 11 is 0. The third-order valence-corrected chi connectivity index (χ3v) is 2.63. The topological polar surface area (TPSA) is 55.8 Å². The van der Waals surface area contributed by atoms with Gasteiger partial charge in [-0.25, -0.2) is 9.59 Å². The highest BCUT2D eigenvalue weighted by Gasteiger charge is 2.36. The molecule has 102 valence electrons. The molecular weight excluding hydrogens is 234 g/mol. The maximum atomic E-state index is 12.0. The summed E-state index contributed by atoms with van der Waals surface area (Å²) in [6.07, 6.45) is 2.08. The van der Waals surface area contributed by atoms with Crippen LogP contribution in [0.5, 0.6) is 0 Å². The number of amides is 1. The van der Waals surface area contributed by atoms with E-state index in [0.717, 1.165) is 12.0 Å². The van der Waals surface area contributed by atoms with E-state index in [1.54, 1.807) is 26.8 Å². The summed E-state index contributed by atoms with van der Waals surface area (Å²) in [6.45, 7) is 7.79. The van der Waals surface area contributed by atoms with Crippen LogP contribution in [-0.4, -0.2) is 42.3 Å². The molecule has 0 saturated heterocycles. The molecule has 1 aliphatic rings. The van der Waals surface area contributed by atoms with Crippen molar-refractivity contribution >= 4 is 12.1 Å². The molecule has 0 radical (unpaired) electrons. The Morgan fingerprint density at radius 2 is 2.06 bits per heavy atom. The minimum absolute atomic E-state index is 0.422. The van der Waals surface area contributed by atoms with E-state index >= 15 is 0 Å². The first kappa shape index (κ1) is 14.5. The lowest BCUT2D eigenvalue weighted by Crippen LogP contribution is -2.44. The van der Waals surface area contributed by atoms with Crippen molar-refractivity contribution in [1.82, 2.24) is 4.90 Å². The Morgan fingerprint density at radius 1 is 1.44 bits per heavy atom. The lowest BCUT2D eigenvalue weighted by molar-refractivity contribution is -0.144. The van der Waals surface area contributed by atoms with Crippen LogP contribution in [0.3, 0.4) is 0 Å². The smallest absolute Gasteiger partial charge is 0.411 e. The Morgan fingerprint density at radius 3 is 2.50 bits per heavy atom. The van der Waals surface area contributed by atoms with E-state index in [4.69, 9.17) is 9.47 Å². The van der Waals surface area contributed by atoms with Crippen LogP contribution in [0.1, 0.15) is 34.1 Å². The van der Waals surface area contributed by atoms with Gasteiger partial charge in [0.25, 0.3) is 0 Å². The van der Waals surface area contributed by atoms with Crippen molar-refractivity contribution in [2.45, 2.75) is 45.8 Å². The first-order valence-electron chi connectivity index (χ1n) is 6.05. The third kappa shape index (κ3) is 3.48. The van der Waals surface area contributed by atoms with E-state index in [2.05, 4.69) is 0 Å². The maximum absolute atomic E-state index is 12.0. The minimum Gasteiger partial charge on any atom is -0.467 e. The molecule has 0 bridgehead atoms. The lowest BCUT2D eigenvalue weighted by atomic mass is 10.2. The van der Waals surface area contributed by atoms with Gasteiger partial charge < -0.3 is 9.47 Å². The van der Waals surface area contributed by atoms with E-state index < -0.39 is 23.7 Å². The number of nitrogens with zero attached hydrogens (tertiary/aromatic N) is 1. The van der Waals surface area contributed by atoms with Crippen LogP contribution in [0.2, 0.25) is 0 Å². The number of esters is 1. The molecule has 0 fully saturated rings. The number of ether oxygens (including phenoxy) is 2. The van der Waals surface area contributed by atoms with E-state index in [9.17, 15) is 9.59 Å². The van der Waals surface area contributed by atoms with Gasteiger partial charge in [-0.3, -0.25) is 4.90 Å². The third-order valence-electron chi connectivity index (χ3n) is 2.63. The van der Waals surface area contributed by atoms with Crippen LogP contribution in [0.25, 0.3) is 0 Å².